The van der Waals surface area contributed by atoms with Gasteiger partial charge in [0.2, 0.25) is 16.0 Å². The maximum atomic E-state index is 11.1. The zero-order chi connectivity index (χ0) is 21.8. The predicted molar refractivity (Wildman–Crippen MR) is 108 cm³/mol. The van der Waals surface area contributed by atoms with E-state index in [4.69, 9.17) is 4.55 Å². The van der Waals surface area contributed by atoms with Crippen LogP contribution in [0.2, 0.25) is 0 Å². The molecule has 0 saturated heterocycles. The molecule has 29 heavy (non-hydrogen) atoms. The van der Waals surface area contributed by atoms with E-state index in [1.54, 1.807) is 0 Å². The van der Waals surface area contributed by atoms with E-state index in [9.17, 15) is 16.8 Å². The Morgan fingerprint density at radius 1 is 1.00 bits per heavy atom. The molecule has 4 N–H and O–H groups in total. The SMILES string of the molecule is COOSNCCCc1nc(CCCNS(C)(=O)=O)nc(NCCS(=O)(=O)O)n1. The fraction of sp³-hybridized carbons (Fsp3) is 0.769. The Bertz CT molecular complexity index is 822. The zero-order valence-electron chi connectivity index (χ0n) is 16.1. The van der Waals surface area contributed by atoms with Gasteiger partial charge in [-0.3, -0.25) is 4.55 Å². The predicted octanol–water partition coefficient (Wildman–Crippen LogP) is -0.683. The summed E-state index contributed by atoms with van der Waals surface area (Å²) < 4.78 is 62.6. The van der Waals surface area contributed by atoms with Crippen molar-refractivity contribution in [3.05, 3.63) is 11.6 Å². The van der Waals surface area contributed by atoms with E-state index in [2.05, 4.69) is 38.9 Å². The van der Waals surface area contributed by atoms with Crippen LogP contribution in [-0.2, 0) is 42.2 Å². The van der Waals surface area contributed by atoms with Crippen LogP contribution >= 0.6 is 12.2 Å². The Morgan fingerprint density at radius 2 is 1.62 bits per heavy atom. The highest BCUT2D eigenvalue weighted by molar-refractivity contribution is 7.92. The number of anilines is 1. The summed E-state index contributed by atoms with van der Waals surface area (Å²) in [5.74, 6) is 0.654. The molecular formula is C13H26N6O7S3. The molecule has 0 saturated carbocycles. The molecule has 0 aliphatic heterocycles. The number of sulfonamides is 1. The van der Waals surface area contributed by atoms with Crippen molar-refractivity contribution >= 4 is 38.3 Å². The van der Waals surface area contributed by atoms with E-state index in [1.165, 1.54) is 7.11 Å². The Morgan fingerprint density at radius 3 is 2.17 bits per heavy atom. The van der Waals surface area contributed by atoms with Crippen LogP contribution in [0.5, 0.6) is 0 Å². The Kier molecular flexibility index (Phi) is 11.8. The van der Waals surface area contributed by atoms with Crippen molar-refractivity contribution in [3.8, 4) is 0 Å². The molecule has 1 rings (SSSR count). The summed E-state index contributed by atoms with van der Waals surface area (Å²) in [6, 6.07) is 0. The van der Waals surface area contributed by atoms with Crippen LogP contribution in [0.4, 0.5) is 5.95 Å². The number of hydrogen-bond donors (Lipinski definition) is 4. The lowest BCUT2D eigenvalue weighted by atomic mass is 10.2. The largest absolute Gasteiger partial charge is 0.353 e. The van der Waals surface area contributed by atoms with Crippen LogP contribution in [-0.4, -0.2) is 75.1 Å². The van der Waals surface area contributed by atoms with Gasteiger partial charge in [0, 0.05) is 32.5 Å². The van der Waals surface area contributed by atoms with Crippen molar-refractivity contribution in [2.75, 3.05) is 44.1 Å². The summed E-state index contributed by atoms with van der Waals surface area (Å²) in [4.78, 5) is 17.2. The van der Waals surface area contributed by atoms with Crippen molar-refractivity contribution in [2.45, 2.75) is 25.7 Å². The molecule has 0 aliphatic carbocycles. The third-order valence-electron chi connectivity index (χ3n) is 3.15. The van der Waals surface area contributed by atoms with Crippen molar-refractivity contribution in [1.82, 2.24) is 24.4 Å². The number of aromatic nitrogens is 3. The summed E-state index contributed by atoms with van der Waals surface area (Å²) >= 11 is 0.949. The van der Waals surface area contributed by atoms with Crippen LogP contribution in [0.25, 0.3) is 0 Å². The molecule has 0 atom stereocenters. The molecule has 0 radical (unpaired) electrons. The Hall–Kier alpha value is -1.14. The molecule has 0 unspecified atom stereocenters. The normalized spacial score (nSPS) is 12.2. The van der Waals surface area contributed by atoms with Crippen LogP contribution in [0.1, 0.15) is 24.5 Å². The van der Waals surface area contributed by atoms with E-state index in [-0.39, 0.29) is 19.0 Å². The lowest BCUT2D eigenvalue weighted by Crippen LogP contribution is -2.23. The van der Waals surface area contributed by atoms with Gasteiger partial charge in [-0.2, -0.15) is 18.4 Å². The minimum absolute atomic E-state index is 0.0656. The molecule has 0 fully saturated rings. The average Bonchev–Trinajstić information content (AvgIpc) is 2.60. The first-order valence-electron chi connectivity index (χ1n) is 8.56. The van der Waals surface area contributed by atoms with Crippen LogP contribution in [0.3, 0.4) is 0 Å². The lowest BCUT2D eigenvalue weighted by molar-refractivity contribution is -0.161. The minimum atomic E-state index is -4.10. The summed E-state index contributed by atoms with van der Waals surface area (Å²) in [5.41, 5.74) is 0. The lowest BCUT2D eigenvalue weighted by Gasteiger charge is -2.09. The fourth-order valence-corrected chi connectivity index (χ4v) is 3.20. The topological polar surface area (TPSA) is 182 Å². The highest BCUT2D eigenvalue weighted by atomic mass is 32.2. The molecule has 0 bridgehead atoms. The van der Waals surface area contributed by atoms with E-state index in [0.29, 0.717) is 43.9 Å². The standard InChI is InChI=1S/C13H26N6O7S3/c1-25-26-27-15-7-3-5-11-17-12(6-4-8-16-28(2,20)21)19-13(18-11)14-9-10-29(22,23)24/h15-16H,3-10H2,1-2H3,(H,22,23,24)(H,14,17,18,19). The van der Waals surface area contributed by atoms with Gasteiger partial charge >= 0.3 is 0 Å². The van der Waals surface area contributed by atoms with Crippen molar-refractivity contribution in [2.24, 2.45) is 0 Å². The van der Waals surface area contributed by atoms with Crippen molar-refractivity contribution < 1.29 is 30.6 Å². The van der Waals surface area contributed by atoms with Gasteiger partial charge in [-0.15, -0.1) is 4.33 Å². The second-order valence-electron chi connectivity index (χ2n) is 5.79. The van der Waals surface area contributed by atoms with Gasteiger partial charge in [-0.1, -0.05) is 0 Å². The third kappa shape index (κ3) is 14.5. The van der Waals surface area contributed by atoms with Crippen molar-refractivity contribution in [3.63, 3.8) is 0 Å². The van der Waals surface area contributed by atoms with Gasteiger partial charge in [0.05, 0.1) is 19.1 Å². The van der Waals surface area contributed by atoms with Gasteiger partial charge in [0.25, 0.3) is 10.1 Å². The Labute approximate surface area is 174 Å². The quantitative estimate of drug-likeness (QED) is 0.0591. The van der Waals surface area contributed by atoms with Gasteiger partial charge in [-0.25, -0.2) is 27.7 Å². The van der Waals surface area contributed by atoms with E-state index in [1.807, 2.05) is 0 Å². The van der Waals surface area contributed by atoms with E-state index < -0.39 is 25.9 Å². The maximum Gasteiger partial charge on any atom is 0.266 e. The number of nitrogens with zero attached hydrogens (tertiary/aromatic N) is 3. The Balaban J connectivity index is 2.66. The minimum Gasteiger partial charge on any atom is -0.353 e. The molecule has 168 valence electrons. The molecule has 0 spiro atoms. The van der Waals surface area contributed by atoms with Crippen LogP contribution in [0, 0.1) is 0 Å². The monoisotopic (exact) mass is 474 g/mol. The maximum absolute atomic E-state index is 11.1. The first-order valence-corrected chi connectivity index (χ1v) is 12.8. The summed E-state index contributed by atoms with van der Waals surface area (Å²) in [7, 11) is -5.98. The molecular weight excluding hydrogens is 448 g/mol. The van der Waals surface area contributed by atoms with Gasteiger partial charge in [-0.05, 0) is 12.8 Å². The van der Waals surface area contributed by atoms with Gasteiger partial charge in [0.15, 0.2) is 0 Å². The summed E-state index contributed by atoms with van der Waals surface area (Å²) in [6.45, 7) is 0.773. The molecule has 1 aromatic rings. The van der Waals surface area contributed by atoms with E-state index >= 15 is 0 Å². The van der Waals surface area contributed by atoms with Gasteiger partial charge < -0.3 is 5.32 Å². The molecule has 0 amide bonds. The summed E-state index contributed by atoms with van der Waals surface area (Å²) in [5, 5.41) is 2.75. The second kappa shape index (κ2) is 13.2. The molecule has 0 aromatic carbocycles. The number of aryl methyl sites for hydroxylation is 2. The molecule has 0 aliphatic rings. The van der Waals surface area contributed by atoms with Crippen LogP contribution in [0.15, 0.2) is 0 Å². The average molecular weight is 475 g/mol. The molecule has 1 aromatic heterocycles. The third-order valence-corrected chi connectivity index (χ3v) is 5.13. The van der Waals surface area contributed by atoms with Gasteiger partial charge in [0.1, 0.15) is 23.9 Å². The second-order valence-corrected chi connectivity index (χ2v) is 9.79. The first kappa shape index (κ1) is 25.9. The first-order chi connectivity index (χ1) is 13.6. The van der Waals surface area contributed by atoms with Crippen LogP contribution < -0.4 is 14.8 Å². The summed E-state index contributed by atoms with van der Waals surface area (Å²) in [6.07, 6.45) is 3.16. The molecule has 16 heteroatoms. The van der Waals surface area contributed by atoms with E-state index in [0.717, 1.165) is 18.5 Å². The number of hydrogen-bond acceptors (Lipinski definition) is 12. The number of rotatable bonds is 16. The zero-order valence-corrected chi connectivity index (χ0v) is 18.6. The smallest absolute Gasteiger partial charge is 0.266 e. The fourth-order valence-electron chi connectivity index (χ4n) is 1.99. The highest BCUT2D eigenvalue weighted by Gasteiger charge is 2.09. The van der Waals surface area contributed by atoms with Crippen molar-refractivity contribution in [1.29, 1.82) is 0 Å². The molecule has 13 nitrogen and oxygen atoms in total. The number of nitrogens with one attached hydrogen (secondary N) is 3. The molecule has 1 heterocycles. The highest BCUT2D eigenvalue weighted by Crippen LogP contribution is 2.06.